The molecule has 8 heterocycles. The number of aliphatic hydroxyl groups is 1. The molecule has 0 unspecified atom stereocenters. The van der Waals surface area contributed by atoms with Crippen molar-refractivity contribution in [3.05, 3.63) is 31.7 Å². The van der Waals surface area contributed by atoms with Crippen molar-refractivity contribution in [3.8, 4) is 0 Å². The maximum atomic E-state index is 13.8. The lowest BCUT2D eigenvalue weighted by molar-refractivity contribution is -0.162. The number of carbonyl (C=O) groups is 2. The number of ether oxygens (including phenoxy) is 4. The highest BCUT2D eigenvalue weighted by molar-refractivity contribution is 7.16. The topological polar surface area (TPSA) is 288 Å². The molecule has 6 N–H and O–H groups in total. The zero-order valence-electron chi connectivity index (χ0n) is 44.3. The normalized spacial score (nSPS) is 26.9. The van der Waals surface area contributed by atoms with Gasteiger partial charge in [-0.05, 0) is 26.7 Å². The molecule has 1 amide bonds. The summed E-state index contributed by atoms with van der Waals surface area (Å²) in [6.45, 7) is 34.4. The number of nitrogens with two attached hydrogens (primary N) is 2. The first-order chi connectivity index (χ1) is 33.0. The van der Waals surface area contributed by atoms with Gasteiger partial charge in [-0.25, -0.2) is 19.6 Å². The van der Waals surface area contributed by atoms with Crippen LogP contribution in [0.3, 0.4) is 0 Å². The van der Waals surface area contributed by atoms with Gasteiger partial charge >= 0.3 is 38.9 Å². The summed E-state index contributed by atoms with van der Waals surface area (Å²) in [7, 11) is -5.82. The molecule has 400 valence electrons. The average Bonchev–Trinajstić information content (AvgIpc) is 3.95. The number of alkyl carbamates (subject to hydrolysis) is 1. The molecule has 72 heavy (non-hydrogen) atoms. The van der Waals surface area contributed by atoms with E-state index in [2.05, 4.69) is 108 Å². The van der Waals surface area contributed by atoms with Gasteiger partial charge in [0.25, 0.3) is 0 Å². The van der Waals surface area contributed by atoms with Crippen LogP contribution < -0.4 is 26.5 Å². The van der Waals surface area contributed by atoms with Crippen molar-refractivity contribution in [2.45, 2.75) is 199 Å². The lowest BCUT2D eigenvalue weighted by Crippen LogP contribution is -2.65. The molecular formula is C46H73N9O13S2Si2. The van der Waals surface area contributed by atoms with E-state index in [1.165, 1.54) is 21.5 Å². The Bertz CT molecular complexity index is 2760. The van der Waals surface area contributed by atoms with Gasteiger partial charge in [-0.15, -0.1) is 0 Å². The number of amides is 1. The van der Waals surface area contributed by atoms with Crippen molar-refractivity contribution in [2.24, 2.45) is 5.92 Å². The molecule has 22 nitrogen and oxygen atoms in total. The first kappa shape index (κ1) is 55.8. The van der Waals surface area contributed by atoms with Gasteiger partial charge in [0, 0.05) is 20.2 Å². The third kappa shape index (κ3) is 10.3. The molecule has 4 aromatic heterocycles. The molecule has 0 spiro atoms. The smallest absolute Gasteiger partial charge is 0.408 e. The Morgan fingerprint density at radius 2 is 1.14 bits per heavy atom. The van der Waals surface area contributed by atoms with E-state index in [-0.39, 0.29) is 60.0 Å². The number of aliphatic hydroxyl groups excluding tert-OH is 1. The Morgan fingerprint density at radius 3 is 1.57 bits per heavy atom. The summed E-state index contributed by atoms with van der Waals surface area (Å²) in [5.74, 6) is -1.02. The minimum absolute atomic E-state index is 0.0177. The first-order valence-electron chi connectivity index (χ1n) is 24.1. The van der Waals surface area contributed by atoms with Crippen molar-refractivity contribution < 1.29 is 51.3 Å². The van der Waals surface area contributed by atoms with Crippen molar-refractivity contribution in [1.82, 2.24) is 34.4 Å². The Kier molecular flexibility index (Phi) is 15.0. The summed E-state index contributed by atoms with van der Waals surface area (Å²) in [5, 5.41) is 12.6. The van der Waals surface area contributed by atoms with E-state index in [0.29, 0.717) is 21.7 Å². The highest BCUT2D eigenvalue weighted by atomic mass is 32.1. The fraction of sp³-hybridized carbons (Fsp3) is 0.739. The van der Waals surface area contributed by atoms with Crippen LogP contribution in [0.2, 0.25) is 20.2 Å². The SMILES string of the molecule is CC(C)(C)[Si]1(C(C)(C)C)OC[C@H]2O[C@@H](n3c(=O)sc4cnc(N)nc43)[C@H](O)[C@H]2O1.CC(C)[C@@H](NC(=O)OC(C)(C)C)C(=O)O[C@@H]1[C@H]2O[Si](C(C)(C)C)(C(C)(C)C)OC[C@H]2O[C@H]1n1c(=O)sc2cnc(N)nc21. The molecule has 4 fully saturated rings. The summed E-state index contributed by atoms with van der Waals surface area (Å²) in [6.07, 6.45) is -4.37. The third-order valence-corrected chi connectivity index (χ3v) is 25.2. The van der Waals surface area contributed by atoms with Gasteiger partial charge in [0.2, 0.25) is 11.9 Å². The van der Waals surface area contributed by atoms with Crippen LogP contribution in [0.1, 0.15) is 130 Å². The molecule has 0 aromatic carbocycles. The van der Waals surface area contributed by atoms with E-state index in [4.69, 9.17) is 48.1 Å². The Labute approximate surface area is 429 Å². The number of esters is 1. The zero-order valence-corrected chi connectivity index (χ0v) is 48.0. The van der Waals surface area contributed by atoms with Gasteiger partial charge in [0.15, 0.2) is 29.9 Å². The van der Waals surface area contributed by atoms with Crippen LogP contribution in [0.4, 0.5) is 16.7 Å². The highest BCUT2D eigenvalue weighted by Gasteiger charge is 2.67. The number of hydrogen-bond acceptors (Lipinski definition) is 21. The minimum Gasteiger partial charge on any atom is -0.453 e. The maximum Gasteiger partial charge on any atom is 0.408 e. The number of nitrogens with zero attached hydrogens (tertiary/aromatic N) is 6. The van der Waals surface area contributed by atoms with Crippen LogP contribution in [-0.4, -0.2) is 125 Å². The van der Waals surface area contributed by atoms with Crippen LogP contribution >= 0.6 is 22.7 Å². The summed E-state index contributed by atoms with van der Waals surface area (Å²) in [6, 6.07) is -1.05. The number of thiazole rings is 2. The standard InChI is InChI=1S/C28H45N5O8SSi.C18H28N4O5SSi/c1-14(2)17(31-24(35)40-26(3,4)5)22(34)39-19-18-15(13-37-43(41-18,27(6,7)8)28(9,10)11)38-21(19)33-20-16(42-25(33)36)12-30-23(29)32-20;1-17(2,3)29(18(4,5)6)25-8-9-12(27-29)11(23)14(26-9)22-13-10(28-16(22)24)7-20-15(19)21-13/h12,14-15,17-19,21H,13H2,1-11H3,(H,31,35)(H2,29,30,32);7,9,11-12,14,23H,8H2,1-6H3,(H2,19,20,21)/t15-,17-,18+,19-,21-;9-,11-,12+,14-/m11/s1. The van der Waals surface area contributed by atoms with Crippen LogP contribution in [0, 0.1) is 5.92 Å². The molecular weight excluding hydrogens is 1010 g/mol. The Hall–Kier alpha value is -3.97. The van der Waals surface area contributed by atoms with Gasteiger partial charge in [-0.3, -0.25) is 18.7 Å². The van der Waals surface area contributed by atoms with Crippen molar-refractivity contribution in [2.75, 3.05) is 24.7 Å². The molecule has 26 heteroatoms. The Balaban J connectivity index is 0.000000227. The molecule has 8 rings (SSSR count). The number of hydrogen-bond donors (Lipinski definition) is 4. The van der Waals surface area contributed by atoms with Crippen molar-refractivity contribution in [3.63, 3.8) is 0 Å². The quantitative estimate of drug-likeness (QED) is 0.120. The zero-order chi connectivity index (χ0) is 53.6. The van der Waals surface area contributed by atoms with Gasteiger partial charge in [0.05, 0.1) is 35.0 Å². The number of rotatable bonds is 6. The summed E-state index contributed by atoms with van der Waals surface area (Å²) >= 11 is 1.92. The number of nitrogens with one attached hydrogen (secondary N) is 1. The summed E-state index contributed by atoms with van der Waals surface area (Å²) in [5.41, 5.74) is 11.4. The molecule has 0 radical (unpaired) electrons. The molecule has 4 aliphatic heterocycles. The third-order valence-electron chi connectivity index (χ3n) is 13.2. The average molecular weight is 1080 g/mol. The molecule has 0 saturated carbocycles. The monoisotopic (exact) mass is 1080 g/mol. The van der Waals surface area contributed by atoms with E-state index in [0.717, 1.165) is 22.7 Å². The Morgan fingerprint density at radius 1 is 0.722 bits per heavy atom. The van der Waals surface area contributed by atoms with Crippen LogP contribution in [-0.2, 0) is 41.4 Å². The number of aromatic nitrogens is 6. The lowest BCUT2D eigenvalue weighted by atomic mass is 10.0. The van der Waals surface area contributed by atoms with E-state index >= 15 is 0 Å². The summed E-state index contributed by atoms with van der Waals surface area (Å²) in [4.78, 5) is 68.2. The van der Waals surface area contributed by atoms with E-state index in [1.54, 1.807) is 34.6 Å². The van der Waals surface area contributed by atoms with Crippen LogP contribution in [0.5, 0.6) is 0 Å². The van der Waals surface area contributed by atoms with Crippen LogP contribution in [0.25, 0.3) is 20.7 Å². The first-order valence-corrected chi connectivity index (χ1v) is 29.4. The second-order valence-electron chi connectivity index (χ2n) is 24.2. The molecule has 9 atom stereocenters. The van der Waals surface area contributed by atoms with Crippen molar-refractivity contribution in [1.29, 1.82) is 0 Å². The molecule has 4 saturated heterocycles. The minimum atomic E-state index is -3.05. The molecule has 4 aromatic rings. The predicted molar refractivity (Wildman–Crippen MR) is 276 cm³/mol. The molecule has 0 aliphatic carbocycles. The number of fused-ring (bicyclic) bond motifs is 4. The number of carbonyl (C=O) groups excluding carboxylic acids is 2. The lowest BCUT2D eigenvalue weighted by Gasteiger charge is -2.53. The maximum absolute atomic E-state index is 13.8. The fourth-order valence-corrected chi connectivity index (χ4v) is 22.0. The van der Waals surface area contributed by atoms with Gasteiger partial charge in [0.1, 0.15) is 42.2 Å². The van der Waals surface area contributed by atoms with Gasteiger partial charge < -0.3 is 58.5 Å². The highest BCUT2D eigenvalue weighted by Crippen LogP contribution is 2.57. The number of nitrogen functional groups attached to an aromatic ring is 2. The van der Waals surface area contributed by atoms with Crippen LogP contribution in [0.15, 0.2) is 22.0 Å². The van der Waals surface area contributed by atoms with E-state index in [1.807, 2.05) is 0 Å². The largest absolute Gasteiger partial charge is 0.453 e. The second-order valence-corrected chi connectivity index (χ2v) is 35.7. The molecule has 4 aliphatic rings. The second kappa shape index (κ2) is 19.3. The number of anilines is 2. The van der Waals surface area contributed by atoms with Crippen molar-refractivity contribution >= 4 is 84.4 Å². The molecule has 0 bridgehead atoms. The summed E-state index contributed by atoms with van der Waals surface area (Å²) < 4.78 is 54.4. The predicted octanol–water partition coefficient (Wildman–Crippen LogP) is 6.40. The van der Waals surface area contributed by atoms with Gasteiger partial charge in [-0.2, -0.15) is 9.97 Å². The van der Waals surface area contributed by atoms with E-state index in [9.17, 15) is 24.3 Å². The fourth-order valence-electron chi connectivity index (χ4n) is 10.5. The van der Waals surface area contributed by atoms with E-state index < -0.39 is 89.9 Å². The van der Waals surface area contributed by atoms with Gasteiger partial charge in [-0.1, -0.05) is 120 Å².